The molecule has 8 heteroatoms. The van der Waals surface area contributed by atoms with Crippen LogP contribution < -0.4 is 4.90 Å². The number of ether oxygens (including phenoxy) is 1. The van der Waals surface area contributed by atoms with Crippen LogP contribution in [0.25, 0.3) is 11.1 Å². The molecule has 0 unspecified atom stereocenters. The predicted octanol–water partition coefficient (Wildman–Crippen LogP) is 1.65. The SMILES string of the molecule is O=C([C@@H]1CCCO1)N1CCN(C(=O)[C@@H]2CCCN2c2nc3ccccc3o2)CC1. The van der Waals surface area contributed by atoms with E-state index in [4.69, 9.17) is 9.15 Å². The Kier molecular flexibility index (Phi) is 4.87. The number of carbonyl (C=O) groups is 2. The van der Waals surface area contributed by atoms with Crippen LogP contribution in [0.15, 0.2) is 28.7 Å². The molecule has 0 saturated carbocycles. The second kappa shape index (κ2) is 7.67. The number of hydrogen-bond acceptors (Lipinski definition) is 6. The van der Waals surface area contributed by atoms with E-state index in [9.17, 15) is 9.59 Å². The molecule has 154 valence electrons. The van der Waals surface area contributed by atoms with Gasteiger partial charge in [0.2, 0.25) is 5.91 Å². The Morgan fingerprint density at radius 3 is 2.41 bits per heavy atom. The summed E-state index contributed by atoms with van der Waals surface area (Å²) >= 11 is 0. The Labute approximate surface area is 169 Å². The first-order chi connectivity index (χ1) is 14.2. The first kappa shape index (κ1) is 18.4. The van der Waals surface area contributed by atoms with Gasteiger partial charge in [0.05, 0.1) is 0 Å². The van der Waals surface area contributed by atoms with Crippen molar-refractivity contribution in [3.63, 3.8) is 0 Å². The third-order valence-electron chi connectivity index (χ3n) is 6.17. The number of aromatic nitrogens is 1. The highest BCUT2D eigenvalue weighted by Crippen LogP contribution is 2.29. The van der Waals surface area contributed by atoms with Gasteiger partial charge in [0.15, 0.2) is 5.58 Å². The number of hydrogen-bond donors (Lipinski definition) is 0. The summed E-state index contributed by atoms with van der Waals surface area (Å²) in [4.78, 5) is 36.0. The standard InChI is InChI=1S/C21H26N4O4/c26-19(23-10-12-24(13-11-23)20(27)18-8-4-14-28-18)16-6-3-9-25(16)21-22-15-5-1-2-7-17(15)29-21/h1-2,5,7,16,18H,3-4,6,8-14H2/t16-,18-/m0/s1. The minimum Gasteiger partial charge on any atom is -0.423 e. The monoisotopic (exact) mass is 398 g/mol. The summed E-state index contributed by atoms with van der Waals surface area (Å²) in [5.41, 5.74) is 1.55. The van der Waals surface area contributed by atoms with E-state index < -0.39 is 0 Å². The van der Waals surface area contributed by atoms with Crippen LogP contribution in [0, 0.1) is 0 Å². The molecule has 0 radical (unpaired) electrons. The van der Waals surface area contributed by atoms with Crippen molar-refractivity contribution in [1.82, 2.24) is 14.8 Å². The summed E-state index contributed by atoms with van der Waals surface area (Å²) in [6, 6.07) is 7.93. The summed E-state index contributed by atoms with van der Waals surface area (Å²) in [7, 11) is 0. The zero-order valence-corrected chi connectivity index (χ0v) is 16.5. The maximum absolute atomic E-state index is 13.2. The fourth-order valence-corrected chi connectivity index (χ4v) is 4.57. The molecule has 0 spiro atoms. The first-order valence-electron chi connectivity index (χ1n) is 10.5. The largest absolute Gasteiger partial charge is 0.423 e. The molecule has 1 aromatic heterocycles. The van der Waals surface area contributed by atoms with Gasteiger partial charge in [-0.2, -0.15) is 4.98 Å². The van der Waals surface area contributed by atoms with Gasteiger partial charge in [-0.25, -0.2) is 0 Å². The number of piperazine rings is 1. The van der Waals surface area contributed by atoms with E-state index in [0.717, 1.165) is 43.3 Å². The van der Waals surface area contributed by atoms with Crippen LogP contribution >= 0.6 is 0 Å². The Morgan fingerprint density at radius 1 is 0.931 bits per heavy atom. The molecule has 3 aliphatic heterocycles. The third kappa shape index (κ3) is 3.46. The Balaban J connectivity index is 1.24. The van der Waals surface area contributed by atoms with E-state index in [1.54, 1.807) is 0 Å². The van der Waals surface area contributed by atoms with Gasteiger partial charge in [-0.3, -0.25) is 9.59 Å². The maximum Gasteiger partial charge on any atom is 0.299 e. The van der Waals surface area contributed by atoms with E-state index in [0.29, 0.717) is 38.8 Å². The highest BCUT2D eigenvalue weighted by Gasteiger charge is 2.38. The van der Waals surface area contributed by atoms with Gasteiger partial charge in [0.1, 0.15) is 17.7 Å². The fraction of sp³-hybridized carbons (Fsp3) is 0.571. The molecule has 29 heavy (non-hydrogen) atoms. The lowest BCUT2D eigenvalue weighted by molar-refractivity contribution is -0.146. The molecule has 3 saturated heterocycles. The quantitative estimate of drug-likeness (QED) is 0.782. The summed E-state index contributed by atoms with van der Waals surface area (Å²) in [5, 5.41) is 0. The van der Waals surface area contributed by atoms with Gasteiger partial charge in [-0.05, 0) is 37.8 Å². The molecular weight excluding hydrogens is 372 g/mol. The molecular formula is C21H26N4O4. The van der Waals surface area contributed by atoms with E-state index >= 15 is 0 Å². The first-order valence-corrected chi connectivity index (χ1v) is 10.5. The van der Waals surface area contributed by atoms with Crippen molar-refractivity contribution in [1.29, 1.82) is 0 Å². The molecule has 0 aliphatic carbocycles. The highest BCUT2D eigenvalue weighted by atomic mass is 16.5. The Hall–Kier alpha value is -2.61. The molecule has 3 fully saturated rings. The van der Waals surface area contributed by atoms with Gasteiger partial charge < -0.3 is 23.9 Å². The lowest BCUT2D eigenvalue weighted by atomic mass is 10.1. The number of benzene rings is 1. The topological polar surface area (TPSA) is 79.1 Å². The van der Waals surface area contributed by atoms with Crippen LogP contribution in [0.3, 0.4) is 0 Å². The van der Waals surface area contributed by atoms with Crippen molar-refractivity contribution in [3.05, 3.63) is 24.3 Å². The van der Waals surface area contributed by atoms with Crippen molar-refractivity contribution >= 4 is 28.9 Å². The van der Waals surface area contributed by atoms with Gasteiger partial charge in [-0.15, -0.1) is 0 Å². The van der Waals surface area contributed by atoms with E-state index in [2.05, 4.69) is 4.98 Å². The molecule has 8 nitrogen and oxygen atoms in total. The third-order valence-corrected chi connectivity index (χ3v) is 6.17. The number of anilines is 1. The van der Waals surface area contributed by atoms with Crippen LogP contribution in [-0.4, -0.2) is 78.1 Å². The second-order valence-electron chi connectivity index (χ2n) is 7.97. The number of rotatable bonds is 3. The van der Waals surface area contributed by atoms with Crippen LogP contribution in [0.2, 0.25) is 0 Å². The molecule has 4 heterocycles. The van der Waals surface area contributed by atoms with Gasteiger partial charge in [0, 0.05) is 39.3 Å². The average molecular weight is 398 g/mol. The van der Waals surface area contributed by atoms with Crippen molar-refractivity contribution in [3.8, 4) is 0 Å². The normalized spacial score (nSPS) is 25.2. The summed E-state index contributed by atoms with van der Waals surface area (Å²) in [6.45, 7) is 3.70. The molecule has 3 aliphatic rings. The molecule has 1 aromatic carbocycles. The lowest BCUT2D eigenvalue weighted by Gasteiger charge is -2.37. The Morgan fingerprint density at radius 2 is 1.69 bits per heavy atom. The maximum atomic E-state index is 13.2. The van der Waals surface area contributed by atoms with E-state index in [1.165, 1.54) is 0 Å². The van der Waals surface area contributed by atoms with Crippen molar-refractivity contribution in [2.75, 3.05) is 44.2 Å². The van der Waals surface area contributed by atoms with Gasteiger partial charge >= 0.3 is 0 Å². The summed E-state index contributed by atoms with van der Waals surface area (Å²) in [6.07, 6.45) is 3.20. The molecule has 0 N–H and O–H groups in total. The average Bonchev–Trinajstić information content (AvgIpc) is 3.52. The van der Waals surface area contributed by atoms with Crippen LogP contribution in [0.4, 0.5) is 6.01 Å². The highest BCUT2D eigenvalue weighted by molar-refractivity contribution is 5.86. The number of nitrogens with zero attached hydrogens (tertiary/aromatic N) is 4. The minimum absolute atomic E-state index is 0.0727. The van der Waals surface area contributed by atoms with E-state index in [-0.39, 0.29) is 24.0 Å². The second-order valence-corrected chi connectivity index (χ2v) is 7.97. The molecule has 5 rings (SSSR count). The Bertz CT molecular complexity index is 866. The van der Waals surface area contributed by atoms with Crippen LogP contribution in [0.1, 0.15) is 25.7 Å². The number of oxazole rings is 1. The van der Waals surface area contributed by atoms with E-state index in [1.807, 2.05) is 39.0 Å². The number of para-hydroxylation sites is 2. The minimum atomic E-state index is -0.290. The van der Waals surface area contributed by atoms with Crippen molar-refractivity contribution in [2.24, 2.45) is 0 Å². The molecule has 2 amide bonds. The smallest absolute Gasteiger partial charge is 0.299 e. The van der Waals surface area contributed by atoms with Crippen LogP contribution in [0.5, 0.6) is 0 Å². The number of amides is 2. The zero-order chi connectivity index (χ0) is 19.8. The lowest BCUT2D eigenvalue weighted by Crippen LogP contribution is -2.56. The van der Waals surface area contributed by atoms with Crippen LogP contribution in [-0.2, 0) is 14.3 Å². The molecule has 0 bridgehead atoms. The number of fused-ring (bicyclic) bond motifs is 1. The van der Waals surface area contributed by atoms with Crippen molar-refractivity contribution in [2.45, 2.75) is 37.8 Å². The summed E-state index contributed by atoms with van der Waals surface area (Å²) < 4.78 is 11.4. The van der Waals surface area contributed by atoms with Crippen molar-refractivity contribution < 1.29 is 18.7 Å². The molecule has 2 atom stereocenters. The zero-order valence-electron chi connectivity index (χ0n) is 16.5. The summed E-state index contributed by atoms with van der Waals surface area (Å²) in [5.74, 6) is 0.178. The molecule has 2 aromatic rings. The van der Waals surface area contributed by atoms with Gasteiger partial charge in [0.25, 0.3) is 11.9 Å². The van der Waals surface area contributed by atoms with Gasteiger partial charge in [-0.1, -0.05) is 12.1 Å². The fourth-order valence-electron chi connectivity index (χ4n) is 4.57. The number of carbonyl (C=O) groups excluding carboxylic acids is 2. The predicted molar refractivity (Wildman–Crippen MR) is 107 cm³/mol.